The number of anilines is 3. The van der Waals surface area contributed by atoms with Gasteiger partial charge in [-0.05, 0) is 12.8 Å². The van der Waals surface area contributed by atoms with Crippen LogP contribution in [0, 0.1) is 0 Å². The summed E-state index contributed by atoms with van der Waals surface area (Å²) in [4.78, 5) is 24.8. The van der Waals surface area contributed by atoms with Crippen LogP contribution in [-0.4, -0.2) is 75.6 Å². The van der Waals surface area contributed by atoms with Gasteiger partial charge in [-0.25, -0.2) is 13.4 Å². The molecule has 24 heavy (non-hydrogen) atoms. The number of hydrogen-bond acceptors (Lipinski definition) is 7. The molecule has 0 aliphatic carbocycles. The molecule has 134 valence electrons. The van der Waals surface area contributed by atoms with Gasteiger partial charge in [0, 0.05) is 34.2 Å². The van der Waals surface area contributed by atoms with Crippen LogP contribution in [0.1, 0.15) is 12.8 Å². The molecule has 0 aromatic carbocycles. The van der Waals surface area contributed by atoms with E-state index in [1.165, 1.54) is 7.05 Å². The lowest BCUT2D eigenvalue weighted by Crippen LogP contribution is -2.34. The molecule has 0 bridgehead atoms. The zero-order valence-electron chi connectivity index (χ0n) is 14.5. The highest BCUT2D eigenvalue weighted by Gasteiger charge is 2.20. The highest BCUT2D eigenvalue weighted by atomic mass is 32.2. The number of sulfonamides is 1. The lowest BCUT2D eigenvalue weighted by atomic mass is 10.4. The monoisotopic (exact) mass is 356 g/mol. The van der Waals surface area contributed by atoms with Crippen LogP contribution >= 0.6 is 0 Å². The van der Waals surface area contributed by atoms with Crippen LogP contribution in [-0.2, 0) is 14.8 Å². The van der Waals surface area contributed by atoms with Crippen LogP contribution in [0.2, 0.25) is 0 Å². The number of carbonyl (C=O) groups is 1. The molecule has 2 rings (SSSR count). The number of nitrogens with one attached hydrogen (secondary N) is 1. The first-order valence-electron chi connectivity index (χ1n) is 7.69. The largest absolute Gasteiger partial charge is 0.361 e. The predicted octanol–water partition coefficient (Wildman–Crippen LogP) is -0.0273. The quantitative estimate of drug-likeness (QED) is 0.764. The summed E-state index contributed by atoms with van der Waals surface area (Å²) in [5, 5.41) is 2.68. The molecule has 0 radical (unpaired) electrons. The van der Waals surface area contributed by atoms with Crippen molar-refractivity contribution in [3.63, 3.8) is 0 Å². The van der Waals surface area contributed by atoms with Crippen molar-refractivity contribution < 1.29 is 13.2 Å². The van der Waals surface area contributed by atoms with Gasteiger partial charge in [-0.15, -0.1) is 0 Å². The number of aromatic nitrogens is 2. The van der Waals surface area contributed by atoms with E-state index in [4.69, 9.17) is 0 Å². The Hall–Kier alpha value is -1.94. The Morgan fingerprint density at radius 3 is 2.46 bits per heavy atom. The Morgan fingerprint density at radius 2 is 1.92 bits per heavy atom. The van der Waals surface area contributed by atoms with Crippen LogP contribution in [0.25, 0.3) is 0 Å². The van der Waals surface area contributed by atoms with E-state index in [0.29, 0.717) is 17.5 Å². The summed E-state index contributed by atoms with van der Waals surface area (Å²) >= 11 is 0. The maximum absolute atomic E-state index is 12.1. The van der Waals surface area contributed by atoms with E-state index in [1.54, 1.807) is 11.1 Å². The van der Waals surface area contributed by atoms with Gasteiger partial charge in [0.25, 0.3) is 0 Å². The van der Waals surface area contributed by atoms with Gasteiger partial charge < -0.3 is 15.1 Å². The Kier molecular flexibility index (Phi) is 5.60. The summed E-state index contributed by atoms with van der Waals surface area (Å²) in [6.45, 7) is 1.59. The molecule has 9 nitrogen and oxygen atoms in total. The molecule has 10 heteroatoms. The third-order valence-electron chi connectivity index (χ3n) is 3.77. The first-order chi connectivity index (χ1) is 11.2. The normalized spacial score (nSPS) is 15.0. The van der Waals surface area contributed by atoms with Crippen molar-refractivity contribution in [3.05, 3.63) is 6.20 Å². The SMILES string of the molecule is CN(C)c1nc(N2CCCC2)ncc1NC(=O)CN(C)S(C)(=O)=O. The standard InChI is InChI=1S/C14H24N6O3S/c1-18(2)13-11(16-12(21)10-19(3)24(4,22)23)9-15-14(17-13)20-7-5-6-8-20/h9H,5-8,10H2,1-4H3,(H,16,21). The second-order valence-corrected chi connectivity index (χ2v) is 8.15. The minimum atomic E-state index is -3.41. The van der Waals surface area contributed by atoms with Crippen molar-refractivity contribution in [1.29, 1.82) is 0 Å². The van der Waals surface area contributed by atoms with Gasteiger partial charge in [0.05, 0.1) is 19.0 Å². The highest BCUT2D eigenvalue weighted by Crippen LogP contribution is 2.25. The van der Waals surface area contributed by atoms with Gasteiger partial charge >= 0.3 is 0 Å². The summed E-state index contributed by atoms with van der Waals surface area (Å²) in [5.41, 5.74) is 0.454. The van der Waals surface area contributed by atoms with Crippen molar-refractivity contribution in [2.45, 2.75) is 12.8 Å². The molecule has 2 heterocycles. The molecule has 1 aliphatic heterocycles. The maximum atomic E-state index is 12.1. The number of amides is 1. The summed E-state index contributed by atoms with van der Waals surface area (Å²) in [7, 11) is 1.60. The fraction of sp³-hybridized carbons (Fsp3) is 0.643. The van der Waals surface area contributed by atoms with Gasteiger partial charge in [0.15, 0.2) is 5.82 Å². The third kappa shape index (κ3) is 4.54. The predicted molar refractivity (Wildman–Crippen MR) is 93.9 cm³/mol. The van der Waals surface area contributed by atoms with Crippen LogP contribution in [0.4, 0.5) is 17.5 Å². The van der Waals surface area contributed by atoms with Crippen molar-refractivity contribution in [3.8, 4) is 0 Å². The molecule has 1 amide bonds. The van der Waals surface area contributed by atoms with Crippen LogP contribution in [0.3, 0.4) is 0 Å². The van der Waals surface area contributed by atoms with Gasteiger partial charge in [0.1, 0.15) is 5.69 Å². The van der Waals surface area contributed by atoms with Crippen LogP contribution < -0.4 is 15.1 Å². The van der Waals surface area contributed by atoms with Gasteiger partial charge in [-0.2, -0.15) is 9.29 Å². The lowest BCUT2D eigenvalue weighted by molar-refractivity contribution is -0.116. The average molecular weight is 356 g/mol. The molecule has 1 aromatic heterocycles. The van der Waals surface area contributed by atoms with Crippen molar-refractivity contribution in [1.82, 2.24) is 14.3 Å². The minimum absolute atomic E-state index is 0.264. The average Bonchev–Trinajstić information content (AvgIpc) is 3.00. The van der Waals surface area contributed by atoms with Crippen molar-refractivity contribution in [2.24, 2.45) is 0 Å². The molecule has 0 saturated carbocycles. The van der Waals surface area contributed by atoms with E-state index in [0.717, 1.165) is 36.5 Å². The zero-order chi connectivity index (χ0) is 17.9. The number of rotatable bonds is 6. The fourth-order valence-corrected chi connectivity index (χ4v) is 2.72. The first-order valence-corrected chi connectivity index (χ1v) is 9.54. The molecular formula is C14H24N6O3S. The number of nitrogens with zero attached hydrogens (tertiary/aromatic N) is 5. The Bertz CT molecular complexity index is 700. The van der Waals surface area contributed by atoms with E-state index >= 15 is 0 Å². The molecule has 1 saturated heterocycles. The molecule has 1 aliphatic rings. The second-order valence-electron chi connectivity index (χ2n) is 6.06. The van der Waals surface area contributed by atoms with Gasteiger partial charge in [0.2, 0.25) is 21.9 Å². The van der Waals surface area contributed by atoms with Gasteiger partial charge in [-0.1, -0.05) is 0 Å². The minimum Gasteiger partial charge on any atom is -0.361 e. The second kappa shape index (κ2) is 7.31. The molecule has 0 spiro atoms. The van der Waals surface area contributed by atoms with Crippen LogP contribution in [0.15, 0.2) is 6.20 Å². The van der Waals surface area contributed by atoms with E-state index in [9.17, 15) is 13.2 Å². The number of likely N-dealkylation sites (N-methyl/N-ethyl adjacent to an activating group) is 1. The van der Waals surface area contributed by atoms with Crippen LogP contribution in [0.5, 0.6) is 0 Å². The highest BCUT2D eigenvalue weighted by molar-refractivity contribution is 7.88. The summed E-state index contributed by atoms with van der Waals surface area (Å²) in [6, 6.07) is 0. The molecule has 0 unspecified atom stereocenters. The maximum Gasteiger partial charge on any atom is 0.239 e. The summed E-state index contributed by atoms with van der Waals surface area (Å²) < 4.78 is 23.8. The Balaban J connectivity index is 2.15. The van der Waals surface area contributed by atoms with E-state index in [1.807, 2.05) is 14.1 Å². The number of carbonyl (C=O) groups excluding carboxylic acids is 1. The molecule has 1 N–H and O–H groups in total. The van der Waals surface area contributed by atoms with Crippen molar-refractivity contribution in [2.75, 3.05) is 62.1 Å². The first kappa shape index (κ1) is 18.4. The van der Waals surface area contributed by atoms with E-state index in [-0.39, 0.29) is 6.54 Å². The lowest BCUT2D eigenvalue weighted by Gasteiger charge is -2.21. The zero-order valence-corrected chi connectivity index (χ0v) is 15.3. The fourth-order valence-electron chi connectivity index (χ4n) is 2.37. The molecule has 1 fully saturated rings. The Morgan fingerprint density at radius 1 is 1.29 bits per heavy atom. The molecular weight excluding hydrogens is 332 g/mol. The third-order valence-corrected chi connectivity index (χ3v) is 5.04. The van der Waals surface area contributed by atoms with E-state index < -0.39 is 15.9 Å². The van der Waals surface area contributed by atoms with E-state index in [2.05, 4.69) is 20.2 Å². The van der Waals surface area contributed by atoms with Crippen molar-refractivity contribution >= 4 is 33.4 Å². The molecule has 0 atom stereocenters. The smallest absolute Gasteiger partial charge is 0.239 e. The number of hydrogen-bond donors (Lipinski definition) is 1. The summed E-state index contributed by atoms with van der Waals surface area (Å²) in [6.07, 6.45) is 4.86. The summed E-state index contributed by atoms with van der Waals surface area (Å²) in [5.74, 6) is 0.785. The van der Waals surface area contributed by atoms with Gasteiger partial charge in [-0.3, -0.25) is 4.79 Å². The topological polar surface area (TPSA) is 98.7 Å². The Labute approximate surface area is 142 Å². The molecule has 1 aromatic rings.